The lowest BCUT2D eigenvalue weighted by Gasteiger charge is -2.37. The van der Waals surface area contributed by atoms with Gasteiger partial charge in [0, 0.05) is 47.4 Å². The Hall–Kier alpha value is -1.26. The summed E-state index contributed by atoms with van der Waals surface area (Å²) in [4.78, 5) is 7.10. The van der Waals surface area contributed by atoms with Gasteiger partial charge in [0.2, 0.25) is 0 Å². The molecule has 3 rings (SSSR count). The van der Waals surface area contributed by atoms with E-state index in [1.54, 1.807) is 0 Å². The van der Waals surface area contributed by atoms with Crippen molar-refractivity contribution in [3.05, 3.63) is 36.0 Å². The van der Waals surface area contributed by atoms with E-state index >= 15 is 0 Å². The fourth-order valence-corrected chi connectivity index (χ4v) is 3.98. The summed E-state index contributed by atoms with van der Waals surface area (Å²) < 4.78 is 0. The van der Waals surface area contributed by atoms with Gasteiger partial charge in [0.1, 0.15) is 0 Å². The highest BCUT2D eigenvalue weighted by Crippen LogP contribution is 2.28. The molecule has 106 valence electrons. The molecular weight excluding hydrogens is 266 g/mol. The van der Waals surface area contributed by atoms with E-state index in [1.807, 2.05) is 18.3 Å². The standard InChI is InChI=1S/C16H21N3S/c1-11-12(2)20-9-8-19(11)10-13-5-6-15(17)14-4-3-7-18-16(13)14/h3-7,11-12H,8-10,17H2,1-2H3. The van der Waals surface area contributed by atoms with E-state index in [-0.39, 0.29) is 0 Å². The molecule has 0 saturated carbocycles. The highest BCUT2D eigenvalue weighted by Gasteiger charge is 2.25. The summed E-state index contributed by atoms with van der Waals surface area (Å²) in [5, 5.41) is 1.76. The molecule has 0 radical (unpaired) electrons. The number of nitrogens with zero attached hydrogens (tertiary/aromatic N) is 2. The number of pyridine rings is 1. The normalized spacial score (nSPS) is 24.1. The van der Waals surface area contributed by atoms with Crippen molar-refractivity contribution in [2.24, 2.45) is 0 Å². The molecule has 20 heavy (non-hydrogen) atoms. The van der Waals surface area contributed by atoms with Crippen LogP contribution in [0.3, 0.4) is 0 Å². The zero-order valence-corrected chi connectivity index (χ0v) is 12.9. The third kappa shape index (κ3) is 2.50. The highest BCUT2D eigenvalue weighted by molar-refractivity contribution is 8.00. The van der Waals surface area contributed by atoms with Crippen molar-refractivity contribution in [2.45, 2.75) is 31.7 Å². The van der Waals surface area contributed by atoms with E-state index in [2.05, 4.69) is 47.6 Å². The zero-order valence-electron chi connectivity index (χ0n) is 12.0. The number of rotatable bonds is 2. The van der Waals surface area contributed by atoms with E-state index in [4.69, 9.17) is 5.73 Å². The molecule has 1 aliphatic rings. The molecule has 2 N–H and O–H groups in total. The Morgan fingerprint density at radius 3 is 3.05 bits per heavy atom. The molecule has 0 aliphatic carbocycles. The van der Waals surface area contributed by atoms with Crippen molar-refractivity contribution >= 4 is 28.4 Å². The molecular formula is C16H21N3S. The van der Waals surface area contributed by atoms with Gasteiger partial charge in [-0.25, -0.2) is 0 Å². The fourth-order valence-electron chi connectivity index (χ4n) is 2.82. The molecule has 1 saturated heterocycles. The number of aromatic nitrogens is 1. The van der Waals surface area contributed by atoms with Crippen LogP contribution in [-0.2, 0) is 6.54 Å². The minimum Gasteiger partial charge on any atom is -0.398 e. The Bertz CT molecular complexity index is 614. The fraction of sp³-hybridized carbons (Fsp3) is 0.438. The van der Waals surface area contributed by atoms with Gasteiger partial charge in [-0.2, -0.15) is 11.8 Å². The monoisotopic (exact) mass is 287 g/mol. The summed E-state index contributed by atoms with van der Waals surface area (Å²) in [5.41, 5.74) is 9.19. The smallest absolute Gasteiger partial charge is 0.0767 e. The van der Waals surface area contributed by atoms with E-state index in [0.717, 1.165) is 29.7 Å². The van der Waals surface area contributed by atoms with Crippen molar-refractivity contribution in [2.75, 3.05) is 18.0 Å². The number of nitrogens with two attached hydrogens (primary N) is 1. The molecule has 0 bridgehead atoms. The predicted octanol–water partition coefficient (Wildman–Crippen LogP) is 3.14. The molecule has 1 aromatic carbocycles. The minimum atomic E-state index is 0.602. The predicted molar refractivity (Wildman–Crippen MR) is 87.9 cm³/mol. The molecule has 3 nitrogen and oxygen atoms in total. The number of thioether (sulfide) groups is 1. The van der Waals surface area contributed by atoms with E-state index < -0.39 is 0 Å². The molecule has 1 aromatic heterocycles. The summed E-state index contributed by atoms with van der Waals surface area (Å²) in [6.07, 6.45) is 1.85. The molecule has 2 atom stereocenters. The maximum Gasteiger partial charge on any atom is 0.0767 e. The molecule has 1 aliphatic heterocycles. The molecule has 4 heteroatoms. The van der Waals surface area contributed by atoms with Gasteiger partial charge in [0.25, 0.3) is 0 Å². The van der Waals surface area contributed by atoms with Gasteiger partial charge < -0.3 is 5.73 Å². The Balaban J connectivity index is 1.93. The van der Waals surface area contributed by atoms with Gasteiger partial charge in [-0.1, -0.05) is 13.0 Å². The first-order chi connectivity index (χ1) is 9.66. The minimum absolute atomic E-state index is 0.602. The Labute approximate surface area is 124 Å². The van der Waals surface area contributed by atoms with Crippen LogP contribution in [0.25, 0.3) is 10.9 Å². The largest absolute Gasteiger partial charge is 0.398 e. The van der Waals surface area contributed by atoms with Crippen LogP contribution in [0.5, 0.6) is 0 Å². The second kappa shape index (κ2) is 5.62. The Morgan fingerprint density at radius 1 is 1.35 bits per heavy atom. The van der Waals surface area contributed by atoms with Crippen molar-refractivity contribution < 1.29 is 0 Å². The molecule has 0 amide bonds. The van der Waals surface area contributed by atoms with Crippen LogP contribution in [0.1, 0.15) is 19.4 Å². The summed E-state index contributed by atoms with van der Waals surface area (Å²) in [6, 6.07) is 8.74. The van der Waals surface area contributed by atoms with Crippen molar-refractivity contribution in [1.82, 2.24) is 9.88 Å². The number of nitrogen functional groups attached to an aromatic ring is 1. The molecule has 2 unspecified atom stereocenters. The van der Waals surface area contributed by atoms with Crippen LogP contribution in [-0.4, -0.2) is 33.5 Å². The first-order valence-electron chi connectivity index (χ1n) is 7.14. The second-order valence-corrected chi connectivity index (χ2v) is 6.99. The number of benzene rings is 1. The van der Waals surface area contributed by atoms with E-state index in [1.165, 1.54) is 11.3 Å². The second-order valence-electron chi connectivity index (χ2n) is 5.50. The Kier molecular flexibility index (Phi) is 3.85. The first kappa shape index (κ1) is 13.7. The quantitative estimate of drug-likeness (QED) is 0.862. The van der Waals surface area contributed by atoms with Gasteiger partial charge in [-0.3, -0.25) is 9.88 Å². The van der Waals surface area contributed by atoms with Crippen LogP contribution < -0.4 is 5.73 Å². The number of anilines is 1. The van der Waals surface area contributed by atoms with Crippen molar-refractivity contribution in [3.8, 4) is 0 Å². The summed E-state index contributed by atoms with van der Waals surface area (Å²) in [6.45, 7) is 6.75. The molecule has 2 heterocycles. The van der Waals surface area contributed by atoms with Gasteiger partial charge >= 0.3 is 0 Å². The van der Waals surface area contributed by atoms with E-state index in [0.29, 0.717) is 11.3 Å². The maximum atomic E-state index is 6.05. The zero-order chi connectivity index (χ0) is 14.1. The number of hydrogen-bond donors (Lipinski definition) is 1. The average molecular weight is 287 g/mol. The summed E-state index contributed by atoms with van der Waals surface area (Å²) in [7, 11) is 0. The van der Waals surface area contributed by atoms with Crippen LogP contribution in [0.2, 0.25) is 0 Å². The number of fused-ring (bicyclic) bond motifs is 1. The van der Waals surface area contributed by atoms with Gasteiger partial charge in [0.15, 0.2) is 0 Å². The summed E-state index contributed by atoms with van der Waals surface area (Å²) in [5.74, 6) is 1.21. The molecule has 1 fully saturated rings. The average Bonchev–Trinajstić information content (AvgIpc) is 2.47. The van der Waals surface area contributed by atoms with Gasteiger partial charge in [0.05, 0.1) is 5.52 Å². The van der Waals surface area contributed by atoms with Crippen LogP contribution in [0.15, 0.2) is 30.5 Å². The number of hydrogen-bond acceptors (Lipinski definition) is 4. The highest BCUT2D eigenvalue weighted by atomic mass is 32.2. The van der Waals surface area contributed by atoms with Crippen LogP contribution in [0.4, 0.5) is 5.69 Å². The topological polar surface area (TPSA) is 42.1 Å². The first-order valence-corrected chi connectivity index (χ1v) is 8.19. The lowest BCUT2D eigenvalue weighted by atomic mass is 10.1. The molecule has 0 spiro atoms. The Morgan fingerprint density at radius 2 is 2.20 bits per heavy atom. The summed E-state index contributed by atoms with van der Waals surface area (Å²) >= 11 is 2.07. The van der Waals surface area contributed by atoms with Crippen molar-refractivity contribution in [3.63, 3.8) is 0 Å². The molecule has 2 aromatic rings. The third-order valence-electron chi connectivity index (χ3n) is 4.27. The van der Waals surface area contributed by atoms with Gasteiger partial charge in [-0.15, -0.1) is 0 Å². The van der Waals surface area contributed by atoms with E-state index in [9.17, 15) is 0 Å². The van der Waals surface area contributed by atoms with Crippen LogP contribution in [0, 0.1) is 0 Å². The van der Waals surface area contributed by atoms with Crippen LogP contribution >= 0.6 is 11.8 Å². The third-order valence-corrected chi connectivity index (χ3v) is 5.61. The SMILES string of the molecule is CC1SCCN(Cc2ccc(N)c3cccnc23)C1C. The van der Waals surface area contributed by atoms with Crippen molar-refractivity contribution in [1.29, 1.82) is 0 Å². The maximum absolute atomic E-state index is 6.05. The lowest BCUT2D eigenvalue weighted by molar-refractivity contribution is 0.205. The van der Waals surface area contributed by atoms with Gasteiger partial charge in [-0.05, 0) is 30.7 Å². The lowest BCUT2D eigenvalue weighted by Crippen LogP contribution is -2.43.